The molecule has 14 heavy (non-hydrogen) atoms. The molecular weight excluding hydrogens is 174 g/mol. The van der Waals surface area contributed by atoms with E-state index < -0.39 is 0 Å². The largest absolute Gasteiger partial charge is 0.393 e. The normalized spacial score (nSPS) is 27.9. The van der Waals surface area contributed by atoms with Crippen molar-refractivity contribution in [1.29, 1.82) is 0 Å². The molecule has 0 radical (unpaired) electrons. The Kier molecular flexibility index (Phi) is 2.64. The summed E-state index contributed by atoms with van der Waals surface area (Å²) in [4.78, 5) is 0. The molecule has 0 saturated heterocycles. The molecule has 1 N–H and O–H groups in total. The standard InChI is InChI=1S/C12H19NO/c1-9-6-7-10(2)13(9)11-4-3-5-12(14)8-11/h6-7,11-12,14H,3-5,8H2,1-2H3. The van der Waals surface area contributed by atoms with Crippen LogP contribution in [0.1, 0.15) is 43.1 Å². The lowest BCUT2D eigenvalue weighted by Crippen LogP contribution is -2.23. The van der Waals surface area contributed by atoms with Crippen LogP contribution in [0.4, 0.5) is 0 Å². The van der Waals surface area contributed by atoms with E-state index >= 15 is 0 Å². The van der Waals surface area contributed by atoms with E-state index in [2.05, 4.69) is 30.5 Å². The van der Waals surface area contributed by atoms with Crippen molar-refractivity contribution in [2.24, 2.45) is 0 Å². The monoisotopic (exact) mass is 193 g/mol. The van der Waals surface area contributed by atoms with Gasteiger partial charge in [-0.25, -0.2) is 0 Å². The van der Waals surface area contributed by atoms with Crippen LogP contribution in [-0.4, -0.2) is 15.8 Å². The van der Waals surface area contributed by atoms with Crippen molar-refractivity contribution in [3.05, 3.63) is 23.5 Å². The Labute approximate surface area is 85.6 Å². The molecule has 2 atom stereocenters. The molecule has 0 amide bonds. The summed E-state index contributed by atoms with van der Waals surface area (Å²) in [6.07, 6.45) is 4.19. The van der Waals surface area contributed by atoms with E-state index in [-0.39, 0.29) is 6.10 Å². The van der Waals surface area contributed by atoms with Crippen LogP contribution in [-0.2, 0) is 0 Å². The van der Waals surface area contributed by atoms with Gasteiger partial charge in [0.2, 0.25) is 0 Å². The third-order valence-corrected chi connectivity index (χ3v) is 3.31. The second kappa shape index (κ2) is 3.77. The number of rotatable bonds is 1. The van der Waals surface area contributed by atoms with Gasteiger partial charge in [0.25, 0.3) is 0 Å². The van der Waals surface area contributed by atoms with Gasteiger partial charge in [0.1, 0.15) is 0 Å². The Hall–Kier alpha value is -0.760. The van der Waals surface area contributed by atoms with Crippen LogP contribution >= 0.6 is 0 Å². The van der Waals surface area contributed by atoms with Gasteiger partial charge in [0, 0.05) is 17.4 Å². The third kappa shape index (κ3) is 1.71. The topological polar surface area (TPSA) is 25.2 Å². The minimum absolute atomic E-state index is 0.0880. The van der Waals surface area contributed by atoms with Crippen LogP contribution in [0.5, 0.6) is 0 Å². The van der Waals surface area contributed by atoms with E-state index in [1.807, 2.05) is 0 Å². The molecule has 1 aromatic rings. The summed E-state index contributed by atoms with van der Waals surface area (Å²) in [5.74, 6) is 0. The molecule has 0 aliphatic heterocycles. The van der Waals surface area contributed by atoms with Gasteiger partial charge in [-0.2, -0.15) is 0 Å². The fourth-order valence-corrected chi connectivity index (χ4v) is 2.63. The van der Waals surface area contributed by atoms with Gasteiger partial charge in [0.15, 0.2) is 0 Å². The maximum Gasteiger partial charge on any atom is 0.0560 e. The van der Waals surface area contributed by atoms with E-state index in [1.165, 1.54) is 17.8 Å². The Morgan fingerprint density at radius 3 is 2.43 bits per heavy atom. The zero-order valence-corrected chi connectivity index (χ0v) is 9.03. The van der Waals surface area contributed by atoms with Gasteiger partial charge < -0.3 is 9.67 Å². The molecule has 2 heteroatoms. The van der Waals surface area contributed by atoms with Gasteiger partial charge in [0.05, 0.1) is 6.10 Å². The number of hydrogen-bond acceptors (Lipinski definition) is 1. The highest BCUT2D eigenvalue weighted by Crippen LogP contribution is 2.30. The molecule has 1 aromatic heterocycles. The van der Waals surface area contributed by atoms with Crippen molar-refractivity contribution in [3.63, 3.8) is 0 Å². The van der Waals surface area contributed by atoms with E-state index in [4.69, 9.17) is 0 Å². The Morgan fingerprint density at radius 2 is 1.86 bits per heavy atom. The van der Waals surface area contributed by atoms with Gasteiger partial charge >= 0.3 is 0 Å². The lowest BCUT2D eigenvalue weighted by Gasteiger charge is -2.29. The molecule has 2 nitrogen and oxygen atoms in total. The molecule has 1 heterocycles. The fraction of sp³-hybridized carbons (Fsp3) is 0.667. The lowest BCUT2D eigenvalue weighted by atomic mass is 9.92. The van der Waals surface area contributed by atoms with Crippen LogP contribution in [0.3, 0.4) is 0 Å². The Balaban J connectivity index is 2.21. The maximum atomic E-state index is 9.65. The molecule has 1 aliphatic rings. The van der Waals surface area contributed by atoms with E-state index in [1.54, 1.807) is 0 Å². The van der Waals surface area contributed by atoms with Crippen LogP contribution in [0.15, 0.2) is 12.1 Å². The van der Waals surface area contributed by atoms with Crippen molar-refractivity contribution >= 4 is 0 Å². The Morgan fingerprint density at radius 1 is 1.21 bits per heavy atom. The number of nitrogens with zero attached hydrogens (tertiary/aromatic N) is 1. The SMILES string of the molecule is Cc1ccc(C)n1C1CCCC(O)C1. The highest BCUT2D eigenvalue weighted by atomic mass is 16.3. The summed E-state index contributed by atoms with van der Waals surface area (Å²) in [5.41, 5.74) is 2.64. The summed E-state index contributed by atoms with van der Waals surface area (Å²) in [6, 6.07) is 4.85. The smallest absolute Gasteiger partial charge is 0.0560 e. The van der Waals surface area contributed by atoms with Gasteiger partial charge in [-0.15, -0.1) is 0 Å². The lowest BCUT2D eigenvalue weighted by molar-refractivity contribution is 0.103. The Bertz CT molecular complexity index is 297. The molecule has 0 spiro atoms. The molecule has 0 aromatic carbocycles. The summed E-state index contributed by atoms with van der Waals surface area (Å²) in [6.45, 7) is 4.29. The first-order valence-corrected chi connectivity index (χ1v) is 5.51. The van der Waals surface area contributed by atoms with Crippen LogP contribution in [0.2, 0.25) is 0 Å². The fourth-order valence-electron chi connectivity index (χ4n) is 2.63. The number of hydrogen-bond donors (Lipinski definition) is 1. The van der Waals surface area contributed by atoms with E-state index in [0.717, 1.165) is 19.3 Å². The highest BCUT2D eigenvalue weighted by molar-refractivity contribution is 5.15. The molecule has 0 bridgehead atoms. The number of aryl methyl sites for hydroxylation is 2. The number of aliphatic hydroxyl groups excluding tert-OH is 1. The van der Waals surface area contributed by atoms with Crippen LogP contribution < -0.4 is 0 Å². The van der Waals surface area contributed by atoms with E-state index in [9.17, 15) is 5.11 Å². The summed E-state index contributed by atoms with van der Waals surface area (Å²) >= 11 is 0. The minimum atomic E-state index is -0.0880. The molecule has 2 unspecified atom stereocenters. The predicted octanol–water partition coefficient (Wildman–Crippen LogP) is 2.58. The molecule has 1 saturated carbocycles. The molecule has 1 fully saturated rings. The molecule has 78 valence electrons. The van der Waals surface area contributed by atoms with Crippen LogP contribution in [0, 0.1) is 13.8 Å². The summed E-state index contributed by atoms with van der Waals surface area (Å²) < 4.78 is 2.38. The van der Waals surface area contributed by atoms with Crippen molar-refractivity contribution in [1.82, 2.24) is 4.57 Å². The maximum absolute atomic E-state index is 9.65. The average Bonchev–Trinajstić information content (AvgIpc) is 2.46. The first kappa shape index (κ1) is 9.78. The second-order valence-corrected chi connectivity index (χ2v) is 4.46. The predicted molar refractivity (Wildman–Crippen MR) is 57.4 cm³/mol. The van der Waals surface area contributed by atoms with Crippen molar-refractivity contribution in [3.8, 4) is 0 Å². The van der Waals surface area contributed by atoms with Gasteiger partial charge in [-0.3, -0.25) is 0 Å². The first-order valence-electron chi connectivity index (χ1n) is 5.51. The summed E-state index contributed by atoms with van der Waals surface area (Å²) in [7, 11) is 0. The number of aromatic nitrogens is 1. The zero-order valence-electron chi connectivity index (χ0n) is 9.03. The first-order chi connectivity index (χ1) is 6.68. The van der Waals surface area contributed by atoms with Gasteiger partial charge in [-0.05, 0) is 51.7 Å². The van der Waals surface area contributed by atoms with Crippen molar-refractivity contribution in [2.45, 2.75) is 51.7 Å². The molecule has 2 rings (SSSR count). The van der Waals surface area contributed by atoms with Gasteiger partial charge in [-0.1, -0.05) is 0 Å². The van der Waals surface area contributed by atoms with Crippen LogP contribution in [0.25, 0.3) is 0 Å². The van der Waals surface area contributed by atoms with E-state index in [0.29, 0.717) is 6.04 Å². The number of aliphatic hydroxyl groups is 1. The quantitative estimate of drug-likeness (QED) is 0.728. The van der Waals surface area contributed by atoms with Crippen molar-refractivity contribution < 1.29 is 5.11 Å². The average molecular weight is 193 g/mol. The molecular formula is C12H19NO. The minimum Gasteiger partial charge on any atom is -0.393 e. The second-order valence-electron chi connectivity index (χ2n) is 4.46. The molecule has 1 aliphatic carbocycles. The highest BCUT2D eigenvalue weighted by Gasteiger charge is 2.22. The third-order valence-electron chi connectivity index (χ3n) is 3.31. The summed E-state index contributed by atoms with van der Waals surface area (Å²) in [5, 5.41) is 9.65. The zero-order chi connectivity index (χ0) is 10.1. The van der Waals surface area contributed by atoms with Crippen molar-refractivity contribution in [2.75, 3.05) is 0 Å².